The largest absolute Gasteiger partial charge is 0.381 e. The molecule has 3 heterocycles. The zero-order chi connectivity index (χ0) is 18.6. The Labute approximate surface area is 159 Å². The minimum absolute atomic E-state index is 0.0963. The van der Waals surface area contributed by atoms with Gasteiger partial charge in [0.05, 0.1) is 12.5 Å². The van der Waals surface area contributed by atoms with Crippen molar-refractivity contribution in [1.82, 2.24) is 24.8 Å². The van der Waals surface area contributed by atoms with Crippen LogP contribution in [0.3, 0.4) is 0 Å². The molecule has 0 aromatic carbocycles. The van der Waals surface area contributed by atoms with E-state index in [1.54, 1.807) is 12.5 Å². The van der Waals surface area contributed by atoms with Crippen LogP contribution in [0, 0.1) is 0 Å². The van der Waals surface area contributed by atoms with E-state index in [0.29, 0.717) is 17.4 Å². The Hall–Kier alpha value is -2.28. The van der Waals surface area contributed by atoms with Crippen molar-refractivity contribution < 1.29 is 9.53 Å². The summed E-state index contributed by atoms with van der Waals surface area (Å²) in [5.74, 6) is 0.767. The summed E-state index contributed by atoms with van der Waals surface area (Å²) in [5, 5.41) is 3.18. The lowest BCUT2D eigenvalue weighted by molar-refractivity contribution is 0.0844. The lowest BCUT2D eigenvalue weighted by Gasteiger charge is -2.24. The first-order chi connectivity index (χ1) is 13.2. The van der Waals surface area contributed by atoms with E-state index in [-0.39, 0.29) is 11.9 Å². The second-order valence-electron chi connectivity index (χ2n) is 7.59. The van der Waals surface area contributed by atoms with Gasteiger partial charge in [0.15, 0.2) is 5.82 Å². The molecule has 1 amide bonds. The molecule has 0 spiro atoms. The number of aromatic nitrogens is 4. The standard InChI is InChI=1S/C20H27N5O2/c1-25-13-21-12-18(25)19-23-16(14-7-9-27-10-8-14)11-17(24-19)20(26)22-15-5-3-2-4-6-15/h11-15H,2-10H2,1H3,(H,22,26). The van der Waals surface area contributed by atoms with Gasteiger partial charge in [-0.05, 0) is 31.7 Å². The Morgan fingerprint density at radius 2 is 1.93 bits per heavy atom. The van der Waals surface area contributed by atoms with E-state index >= 15 is 0 Å². The molecule has 2 fully saturated rings. The first-order valence-corrected chi connectivity index (χ1v) is 9.95. The van der Waals surface area contributed by atoms with Gasteiger partial charge >= 0.3 is 0 Å². The smallest absolute Gasteiger partial charge is 0.270 e. The summed E-state index contributed by atoms with van der Waals surface area (Å²) >= 11 is 0. The summed E-state index contributed by atoms with van der Waals surface area (Å²) in [7, 11) is 1.91. The molecule has 0 bridgehead atoms. The fourth-order valence-electron chi connectivity index (χ4n) is 3.98. The molecule has 2 aromatic heterocycles. The van der Waals surface area contributed by atoms with Crippen molar-refractivity contribution in [2.75, 3.05) is 13.2 Å². The number of nitrogens with zero attached hydrogens (tertiary/aromatic N) is 4. The number of nitrogens with one attached hydrogen (secondary N) is 1. The van der Waals surface area contributed by atoms with Crippen LogP contribution in [0.5, 0.6) is 0 Å². The van der Waals surface area contributed by atoms with Crippen molar-refractivity contribution in [2.24, 2.45) is 7.05 Å². The van der Waals surface area contributed by atoms with Gasteiger partial charge in [0.25, 0.3) is 5.91 Å². The maximum Gasteiger partial charge on any atom is 0.270 e. The number of carbonyl (C=O) groups excluding carboxylic acids is 1. The Morgan fingerprint density at radius 1 is 1.15 bits per heavy atom. The number of carbonyl (C=O) groups is 1. The third kappa shape index (κ3) is 4.18. The van der Waals surface area contributed by atoms with Gasteiger partial charge in [-0.15, -0.1) is 0 Å². The summed E-state index contributed by atoms with van der Waals surface area (Å²) < 4.78 is 7.37. The summed E-state index contributed by atoms with van der Waals surface area (Å²) in [4.78, 5) is 26.4. The molecule has 1 N–H and O–H groups in total. The number of hydrogen-bond acceptors (Lipinski definition) is 5. The van der Waals surface area contributed by atoms with Crippen LogP contribution in [0.2, 0.25) is 0 Å². The highest BCUT2D eigenvalue weighted by atomic mass is 16.5. The number of imidazole rings is 1. The molecule has 27 heavy (non-hydrogen) atoms. The highest BCUT2D eigenvalue weighted by molar-refractivity contribution is 5.93. The molecule has 144 valence electrons. The van der Waals surface area contributed by atoms with Crippen LogP contribution in [-0.4, -0.2) is 44.7 Å². The monoisotopic (exact) mass is 369 g/mol. The zero-order valence-electron chi connectivity index (χ0n) is 15.9. The summed E-state index contributed by atoms with van der Waals surface area (Å²) in [6.45, 7) is 1.47. The zero-order valence-corrected chi connectivity index (χ0v) is 15.9. The van der Waals surface area contributed by atoms with Crippen LogP contribution >= 0.6 is 0 Å². The SMILES string of the molecule is Cn1cncc1-c1nc(C(=O)NC2CCCCC2)cc(C2CCOCC2)n1. The fourth-order valence-corrected chi connectivity index (χ4v) is 3.98. The summed E-state index contributed by atoms with van der Waals surface area (Å²) in [6, 6.07) is 2.13. The highest BCUT2D eigenvalue weighted by Crippen LogP contribution is 2.28. The van der Waals surface area contributed by atoms with Gasteiger partial charge in [-0.2, -0.15) is 0 Å². The Morgan fingerprint density at radius 3 is 2.63 bits per heavy atom. The van der Waals surface area contributed by atoms with Gasteiger partial charge < -0.3 is 14.6 Å². The van der Waals surface area contributed by atoms with Crippen molar-refractivity contribution in [3.63, 3.8) is 0 Å². The van der Waals surface area contributed by atoms with Crippen LogP contribution in [0.15, 0.2) is 18.6 Å². The average Bonchev–Trinajstić information content (AvgIpc) is 3.15. The van der Waals surface area contributed by atoms with E-state index in [0.717, 1.165) is 50.3 Å². The maximum absolute atomic E-state index is 12.9. The molecule has 1 aliphatic carbocycles. The Bertz CT molecular complexity index is 791. The van der Waals surface area contributed by atoms with Gasteiger partial charge in [-0.1, -0.05) is 19.3 Å². The van der Waals surface area contributed by atoms with Crippen molar-refractivity contribution in [1.29, 1.82) is 0 Å². The Kier molecular flexibility index (Phi) is 5.48. The van der Waals surface area contributed by atoms with Crippen molar-refractivity contribution in [3.05, 3.63) is 30.0 Å². The van der Waals surface area contributed by atoms with E-state index in [2.05, 4.69) is 15.3 Å². The fraction of sp³-hybridized carbons (Fsp3) is 0.600. The van der Waals surface area contributed by atoms with E-state index in [1.807, 2.05) is 17.7 Å². The molecule has 2 aliphatic rings. The number of rotatable bonds is 4. The predicted molar refractivity (Wildman–Crippen MR) is 101 cm³/mol. The minimum Gasteiger partial charge on any atom is -0.381 e. The number of ether oxygens (including phenoxy) is 1. The molecule has 1 saturated carbocycles. The summed E-state index contributed by atoms with van der Waals surface area (Å²) in [6.07, 6.45) is 11.0. The normalized spacial score (nSPS) is 19.1. The molecular formula is C20H27N5O2. The molecule has 1 saturated heterocycles. The lowest BCUT2D eigenvalue weighted by atomic mass is 9.94. The van der Waals surface area contributed by atoms with E-state index in [4.69, 9.17) is 9.72 Å². The molecule has 0 unspecified atom stereocenters. The van der Waals surface area contributed by atoms with Crippen LogP contribution in [0.4, 0.5) is 0 Å². The van der Waals surface area contributed by atoms with E-state index < -0.39 is 0 Å². The van der Waals surface area contributed by atoms with Crippen LogP contribution < -0.4 is 5.32 Å². The van der Waals surface area contributed by atoms with Crippen molar-refractivity contribution >= 4 is 5.91 Å². The van der Waals surface area contributed by atoms with Crippen molar-refractivity contribution in [2.45, 2.75) is 56.9 Å². The molecule has 4 rings (SSSR count). The predicted octanol–water partition coefficient (Wildman–Crippen LogP) is 2.83. The molecule has 7 heteroatoms. The molecule has 2 aromatic rings. The van der Waals surface area contributed by atoms with Crippen LogP contribution in [0.1, 0.15) is 67.0 Å². The quantitative estimate of drug-likeness (QED) is 0.896. The summed E-state index contributed by atoms with van der Waals surface area (Å²) in [5.41, 5.74) is 2.20. The molecule has 0 atom stereocenters. The van der Waals surface area contributed by atoms with Crippen molar-refractivity contribution in [3.8, 4) is 11.5 Å². The first-order valence-electron chi connectivity index (χ1n) is 9.95. The second kappa shape index (κ2) is 8.17. The van der Waals surface area contributed by atoms with Gasteiger partial charge in [-0.3, -0.25) is 4.79 Å². The number of aryl methyl sites for hydroxylation is 1. The average molecular weight is 369 g/mol. The van der Waals surface area contributed by atoms with Gasteiger partial charge in [-0.25, -0.2) is 15.0 Å². The molecular weight excluding hydrogens is 342 g/mol. The number of amides is 1. The van der Waals surface area contributed by atoms with Gasteiger partial charge in [0.1, 0.15) is 11.4 Å². The van der Waals surface area contributed by atoms with E-state index in [1.165, 1.54) is 19.3 Å². The maximum atomic E-state index is 12.9. The van der Waals surface area contributed by atoms with Crippen LogP contribution in [-0.2, 0) is 11.8 Å². The van der Waals surface area contributed by atoms with Gasteiger partial charge in [0.2, 0.25) is 0 Å². The topological polar surface area (TPSA) is 81.9 Å². The highest BCUT2D eigenvalue weighted by Gasteiger charge is 2.23. The van der Waals surface area contributed by atoms with E-state index in [9.17, 15) is 4.79 Å². The third-order valence-electron chi connectivity index (χ3n) is 5.60. The molecule has 1 aliphatic heterocycles. The molecule has 0 radical (unpaired) electrons. The lowest BCUT2D eigenvalue weighted by Crippen LogP contribution is -2.36. The Balaban J connectivity index is 1.64. The minimum atomic E-state index is -0.0963. The third-order valence-corrected chi connectivity index (χ3v) is 5.60. The number of hydrogen-bond donors (Lipinski definition) is 1. The second-order valence-corrected chi connectivity index (χ2v) is 7.59. The van der Waals surface area contributed by atoms with Crippen LogP contribution in [0.25, 0.3) is 11.5 Å². The molecule has 7 nitrogen and oxygen atoms in total. The van der Waals surface area contributed by atoms with Gasteiger partial charge in [0, 0.05) is 37.9 Å². The first kappa shape index (κ1) is 18.1.